The van der Waals surface area contributed by atoms with Crippen LogP contribution in [0.15, 0.2) is 48.5 Å². The summed E-state index contributed by atoms with van der Waals surface area (Å²) in [5.74, 6) is 0.806. The molecule has 0 unspecified atom stereocenters. The van der Waals surface area contributed by atoms with E-state index in [2.05, 4.69) is 10.2 Å². The molecular weight excluding hydrogens is 370 g/mol. The van der Waals surface area contributed by atoms with Crippen LogP contribution in [0.5, 0.6) is 5.75 Å². The minimum atomic E-state index is -0.000348. The smallest absolute Gasteiger partial charge is 0.228 e. The van der Waals surface area contributed by atoms with E-state index in [1.807, 2.05) is 48.5 Å². The number of halogens is 1. The molecule has 0 bridgehead atoms. The predicted octanol–water partition coefficient (Wildman–Crippen LogP) is 4.46. The van der Waals surface area contributed by atoms with Gasteiger partial charge in [-0.15, -0.1) is 10.2 Å². The van der Waals surface area contributed by atoms with E-state index in [0.29, 0.717) is 23.0 Å². The van der Waals surface area contributed by atoms with Crippen molar-refractivity contribution in [2.45, 2.75) is 12.8 Å². The second kappa shape index (κ2) is 8.29. The fraction of sp³-hybridized carbons (Fsp3) is 0.211. The van der Waals surface area contributed by atoms with Crippen LogP contribution in [0, 0.1) is 0 Å². The number of amides is 1. The van der Waals surface area contributed by atoms with E-state index in [-0.39, 0.29) is 5.91 Å². The number of nitrogens with zero attached hydrogens (tertiary/aromatic N) is 3. The number of aryl methyl sites for hydroxylation is 1. The van der Waals surface area contributed by atoms with Crippen molar-refractivity contribution in [2.24, 2.45) is 0 Å². The van der Waals surface area contributed by atoms with Gasteiger partial charge in [0.2, 0.25) is 11.0 Å². The van der Waals surface area contributed by atoms with Crippen molar-refractivity contribution in [2.75, 3.05) is 19.1 Å². The quantitative estimate of drug-likeness (QED) is 0.626. The van der Waals surface area contributed by atoms with Gasteiger partial charge in [-0.1, -0.05) is 47.2 Å². The molecule has 3 rings (SSSR count). The molecule has 0 aliphatic carbocycles. The van der Waals surface area contributed by atoms with Crippen LogP contribution in [0.1, 0.15) is 12.0 Å². The van der Waals surface area contributed by atoms with Crippen molar-refractivity contribution in [3.63, 3.8) is 0 Å². The number of aromatic nitrogens is 2. The Morgan fingerprint density at radius 1 is 1.12 bits per heavy atom. The summed E-state index contributed by atoms with van der Waals surface area (Å²) in [6.07, 6.45) is 1.06. The van der Waals surface area contributed by atoms with Crippen LogP contribution < -0.4 is 9.64 Å². The summed E-state index contributed by atoms with van der Waals surface area (Å²) in [6, 6.07) is 15.1. The molecule has 1 heterocycles. The maximum absolute atomic E-state index is 12.5. The van der Waals surface area contributed by atoms with Crippen molar-refractivity contribution in [1.29, 1.82) is 0 Å². The highest BCUT2D eigenvalue weighted by atomic mass is 35.5. The molecule has 0 saturated carbocycles. The summed E-state index contributed by atoms with van der Waals surface area (Å²) in [5.41, 5.74) is 2.02. The fourth-order valence-electron chi connectivity index (χ4n) is 2.38. The van der Waals surface area contributed by atoms with Gasteiger partial charge in [0.15, 0.2) is 0 Å². The zero-order chi connectivity index (χ0) is 18.5. The molecule has 26 heavy (non-hydrogen) atoms. The third kappa shape index (κ3) is 4.39. The van der Waals surface area contributed by atoms with Crippen molar-refractivity contribution in [3.05, 3.63) is 59.1 Å². The fourth-order valence-corrected chi connectivity index (χ4v) is 3.33. The number of ether oxygens (including phenoxy) is 1. The van der Waals surface area contributed by atoms with E-state index in [1.54, 1.807) is 19.1 Å². The largest absolute Gasteiger partial charge is 0.497 e. The number of hydrogen-bond acceptors (Lipinski definition) is 5. The summed E-state index contributed by atoms with van der Waals surface area (Å²) in [7, 11) is 3.36. The molecule has 7 heteroatoms. The molecule has 134 valence electrons. The molecule has 0 aliphatic heterocycles. The second-order valence-electron chi connectivity index (χ2n) is 5.70. The number of hydrogen-bond donors (Lipinski definition) is 0. The topological polar surface area (TPSA) is 55.3 Å². The molecule has 0 fully saturated rings. The average Bonchev–Trinajstić information content (AvgIpc) is 3.16. The predicted molar refractivity (Wildman–Crippen MR) is 105 cm³/mol. The van der Waals surface area contributed by atoms with Crippen LogP contribution in [0.4, 0.5) is 5.13 Å². The van der Waals surface area contributed by atoms with Gasteiger partial charge in [0.05, 0.1) is 7.11 Å². The molecule has 0 saturated heterocycles. The Balaban J connectivity index is 1.62. The molecule has 2 aromatic carbocycles. The van der Waals surface area contributed by atoms with Gasteiger partial charge in [0.1, 0.15) is 10.8 Å². The Kier molecular flexibility index (Phi) is 5.85. The van der Waals surface area contributed by atoms with Gasteiger partial charge in [-0.3, -0.25) is 9.69 Å². The third-order valence-electron chi connectivity index (χ3n) is 3.95. The highest BCUT2D eigenvalue weighted by molar-refractivity contribution is 7.18. The summed E-state index contributed by atoms with van der Waals surface area (Å²) in [5, 5.41) is 10.3. The Labute approximate surface area is 161 Å². The molecule has 0 atom stereocenters. The number of benzene rings is 2. The molecule has 1 aromatic heterocycles. The van der Waals surface area contributed by atoms with Gasteiger partial charge in [-0.2, -0.15) is 0 Å². The lowest BCUT2D eigenvalue weighted by molar-refractivity contribution is -0.118. The van der Waals surface area contributed by atoms with Crippen molar-refractivity contribution < 1.29 is 9.53 Å². The van der Waals surface area contributed by atoms with Crippen molar-refractivity contribution in [3.8, 4) is 16.3 Å². The van der Waals surface area contributed by atoms with Crippen LogP contribution in [0.3, 0.4) is 0 Å². The third-order valence-corrected chi connectivity index (χ3v) is 5.25. The number of methoxy groups -OCH3 is 1. The first kappa shape index (κ1) is 18.4. The molecule has 5 nitrogen and oxygen atoms in total. The van der Waals surface area contributed by atoms with Crippen LogP contribution in [-0.4, -0.2) is 30.3 Å². The Hall–Kier alpha value is -2.44. The van der Waals surface area contributed by atoms with Gasteiger partial charge in [0, 0.05) is 24.1 Å². The number of rotatable bonds is 6. The number of carbonyl (C=O) groups is 1. The van der Waals surface area contributed by atoms with Crippen molar-refractivity contribution in [1.82, 2.24) is 10.2 Å². The summed E-state index contributed by atoms with van der Waals surface area (Å²) >= 11 is 7.28. The monoisotopic (exact) mass is 387 g/mol. The Morgan fingerprint density at radius 2 is 1.81 bits per heavy atom. The number of carbonyl (C=O) groups excluding carboxylic acids is 1. The van der Waals surface area contributed by atoms with Crippen LogP contribution in [0.2, 0.25) is 5.02 Å². The molecule has 0 aliphatic rings. The minimum absolute atomic E-state index is 0.000348. The second-order valence-corrected chi connectivity index (χ2v) is 7.09. The lowest BCUT2D eigenvalue weighted by atomic mass is 10.1. The molecule has 3 aromatic rings. The highest BCUT2D eigenvalue weighted by Gasteiger charge is 2.16. The number of anilines is 1. The highest BCUT2D eigenvalue weighted by Crippen LogP contribution is 2.29. The van der Waals surface area contributed by atoms with E-state index < -0.39 is 0 Å². The van der Waals surface area contributed by atoms with Crippen LogP contribution in [0.25, 0.3) is 10.6 Å². The maximum Gasteiger partial charge on any atom is 0.228 e. The lowest BCUT2D eigenvalue weighted by Gasteiger charge is -2.13. The lowest BCUT2D eigenvalue weighted by Crippen LogP contribution is -2.26. The zero-order valence-corrected chi connectivity index (χ0v) is 16.0. The normalized spacial score (nSPS) is 10.6. The maximum atomic E-state index is 12.5. The van der Waals surface area contributed by atoms with Crippen LogP contribution >= 0.6 is 22.9 Å². The van der Waals surface area contributed by atoms with Gasteiger partial charge in [-0.05, 0) is 36.2 Å². The van der Waals surface area contributed by atoms with Gasteiger partial charge >= 0.3 is 0 Å². The molecule has 0 N–H and O–H groups in total. The molecule has 0 spiro atoms. The minimum Gasteiger partial charge on any atom is -0.497 e. The molecule has 1 amide bonds. The molecule has 0 radical (unpaired) electrons. The van der Waals surface area contributed by atoms with E-state index in [9.17, 15) is 4.79 Å². The van der Waals surface area contributed by atoms with Gasteiger partial charge in [0.25, 0.3) is 0 Å². The first-order valence-electron chi connectivity index (χ1n) is 8.06. The van der Waals surface area contributed by atoms with Crippen molar-refractivity contribution >= 4 is 34.0 Å². The summed E-state index contributed by atoms with van der Waals surface area (Å²) < 4.78 is 5.14. The Morgan fingerprint density at radius 3 is 2.46 bits per heavy atom. The van der Waals surface area contributed by atoms with Gasteiger partial charge < -0.3 is 4.74 Å². The Bertz CT molecular complexity index is 879. The zero-order valence-electron chi connectivity index (χ0n) is 14.5. The van der Waals surface area contributed by atoms with Crippen LogP contribution in [-0.2, 0) is 11.2 Å². The first-order valence-corrected chi connectivity index (χ1v) is 9.25. The van der Waals surface area contributed by atoms with E-state index in [0.717, 1.165) is 21.9 Å². The standard InChI is InChI=1S/C19H18ClN3O2S/c1-23(17(24)12-5-13-3-10-16(25-2)11-4-13)19-22-21-18(26-19)14-6-8-15(20)9-7-14/h3-4,6-11H,5,12H2,1-2H3. The molecular formula is C19H18ClN3O2S. The van der Waals surface area contributed by atoms with Gasteiger partial charge in [-0.25, -0.2) is 0 Å². The summed E-state index contributed by atoms with van der Waals surface area (Å²) in [4.78, 5) is 14.0. The first-order chi connectivity index (χ1) is 12.6. The summed E-state index contributed by atoms with van der Waals surface area (Å²) in [6.45, 7) is 0. The van der Waals surface area contributed by atoms with E-state index in [1.165, 1.54) is 11.3 Å². The van der Waals surface area contributed by atoms with E-state index in [4.69, 9.17) is 16.3 Å². The SMILES string of the molecule is COc1ccc(CCC(=O)N(C)c2nnc(-c3ccc(Cl)cc3)s2)cc1. The van der Waals surface area contributed by atoms with E-state index >= 15 is 0 Å². The average molecular weight is 388 g/mol.